The summed E-state index contributed by atoms with van der Waals surface area (Å²) in [5.74, 6) is 0.783. The molecular formula is C13H18N2O2. The van der Waals surface area contributed by atoms with Crippen LogP contribution in [0.4, 0.5) is 0 Å². The molecule has 1 aromatic heterocycles. The van der Waals surface area contributed by atoms with Gasteiger partial charge in [0.15, 0.2) is 0 Å². The second kappa shape index (κ2) is 5.21. The van der Waals surface area contributed by atoms with E-state index in [1.165, 1.54) is 0 Å². The quantitative estimate of drug-likeness (QED) is 0.740. The minimum Gasteiger partial charge on any atom is -0.496 e. The number of hydrogen-bond acceptors (Lipinski definition) is 3. The Morgan fingerprint density at radius 1 is 1.47 bits per heavy atom. The monoisotopic (exact) mass is 234 g/mol. The summed E-state index contributed by atoms with van der Waals surface area (Å²) < 4.78 is 5.33. The van der Waals surface area contributed by atoms with E-state index in [0.29, 0.717) is 13.0 Å². The van der Waals surface area contributed by atoms with Crippen LogP contribution in [0.1, 0.15) is 24.5 Å². The summed E-state index contributed by atoms with van der Waals surface area (Å²) in [5.41, 5.74) is 7.31. The van der Waals surface area contributed by atoms with Crippen molar-refractivity contribution < 1.29 is 9.84 Å². The van der Waals surface area contributed by atoms with E-state index in [0.717, 1.165) is 28.6 Å². The smallest absolute Gasteiger partial charge is 0.128 e. The maximum atomic E-state index is 10.1. The number of aromatic nitrogens is 1. The molecular weight excluding hydrogens is 216 g/mol. The summed E-state index contributed by atoms with van der Waals surface area (Å²) in [6.07, 6.45) is 2.82. The van der Waals surface area contributed by atoms with Gasteiger partial charge in [-0.2, -0.15) is 0 Å². The van der Waals surface area contributed by atoms with E-state index in [2.05, 4.69) is 4.98 Å². The summed E-state index contributed by atoms with van der Waals surface area (Å²) in [6.45, 7) is 0.594. The van der Waals surface area contributed by atoms with Crippen molar-refractivity contribution in [2.75, 3.05) is 13.7 Å². The fourth-order valence-electron chi connectivity index (χ4n) is 2.08. The van der Waals surface area contributed by atoms with E-state index in [9.17, 15) is 5.11 Å². The van der Waals surface area contributed by atoms with Crippen molar-refractivity contribution in [3.8, 4) is 5.75 Å². The van der Waals surface area contributed by atoms with Gasteiger partial charge >= 0.3 is 0 Å². The summed E-state index contributed by atoms with van der Waals surface area (Å²) >= 11 is 0. The lowest BCUT2D eigenvalue weighted by Crippen LogP contribution is -2.03. The van der Waals surface area contributed by atoms with Gasteiger partial charge in [-0.3, -0.25) is 0 Å². The van der Waals surface area contributed by atoms with Crippen LogP contribution in [0, 0.1) is 0 Å². The van der Waals surface area contributed by atoms with E-state index >= 15 is 0 Å². The molecule has 4 N–H and O–H groups in total. The van der Waals surface area contributed by atoms with Gasteiger partial charge < -0.3 is 20.6 Å². The number of nitrogens with one attached hydrogen (secondary N) is 1. The standard InChI is InChI=1S/C13H18N2O2/c1-17-12-6-2-4-10-13(12)9(8-15-10)11(16)5-3-7-14/h2,4,6,8,11,15-16H,3,5,7,14H2,1H3. The number of aliphatic hydroxyl groups is 1. The van der Waals surface area contributed by atoms with Gasteiger partial charge in [-0.1, -0.05) is 6.07 Å². The number of methoxy groups -OCH3 is 1. The van der Waals surface area contributed by atoms with Crippen LogP contribution in [-0.4, -0.2) is 23.7 Å². The molecule has 2 rings (SSSR count). The molecule has 1 aromatic carbocycles. The molecule has 2 aromatic rings. The third kappa shape index (κ3) is 2.28. The second-order valence-electron chi connectivity index (χ2n) is 4.07. The third-order valence-electron chi connectivity index (χ3n) is 2.96. The largest absolute Gasteiger partial charge is 0.496 e. The summed E-state index contributed by atoms with van der Waals surface area (Å²) in [4.78, 5) is 3.15. The molecule has 4 heteroatoms. The van der Waals surface area contributed by atoms with Crippen molar-refractivity contribution in [3.05, 3.63) is 30.0 Å². The van der Waals surface area contributed by atoms with Gasteiger partial charge in [-0.15, -0.1) is 0 Å². The molecule has 0 fully saturated rings. The number of aromatic amines is 1. The number of ether oxygens (including phenoxy) is 1. The summed E-state index contributed by atoms with van der Waals surface area (Å²) in [7, 11) is 1.64. The van der Waals surface area contributed by atoms with E-state index in [-0.39, 0.29) is 0 Å². The Bertz CT molecular complexity index is 493. The molecule has 1 heterocycles. The fourth-order valence-corrected chi connectivity index (χ4v) is 2.08. The predicted molar refractivity (Wildman–Crippen MR) is 68.1 cm³/mol. The normalized spacial score (nSPS) is 12.9. The Morgan fingerprint density at radius 2 is 2.29 bits per heavy atom. The van der Waals surface area contributed by atoms with Gasteiger partial charge in [0.1, 0.15) is 5.75 Å². The molecule has 0 saturated carbocycles. The Balaban J connectivity index is 2.40. The molecule has 0 aliphatic carbocycles. The van der Waals surface area contributed by atoms with E-state index in [1.54, 1.807) is 7.11 Å². The molecule has 0 aliphatic heterocycles. The van der Waals surface area contributed by atoms with Crippen LogP contribution >= 0.6 is 0 Å². The molecule has 0 radical (unpaired) electrons. The van der Waals surface area contributed by atoms with Crippen LogP contribution in [0.5, 0.6) is 5.75 Å². The number of H-pyrrole nitrogens is 1. The van der Waals surface area contributed by atoms with Gasteiger partial charge in [0, 0.05) is 22.7 Å². The first kappa shape index (κ1) is 12.0. The molecule has 0 spiro atoms. The highest BCUT2D eigenvalue weighted by atomic mass is 16.5. The minimum atomic E-state index is -0.497. The van der Waals surface area contributed by atoms with Crippen molar-refractivity contribution >= 4 is 10.9 Å². The maximum absolute atomic E-state index is 10.1. The van der Waals surface area contributed by atoms with E-state index < -0.39 is 6.10 Å². The molecule has 4 nitrogen and oxygen atoms in total. The molecule has 1 unspecified atom stereocenters. The third-order valence-corrected chi connectivity index (χ3v) is 2.96. The van der Waals surface area contributed by atoms with E-state index in [1.807, 2.05) is 24.4 Å². The lowest BCUT2D eigenvalue weighted by molar-refractivity contribution is 0.167. The van der Waals surface area contributed by atoms with Crippen LogP contribution in [0.3, 0.4) is 0 Å². The van der Waals surface area contributed by atoms with Crippen LogP contribution < -0.4 is 10.5 Å². The van der Waals surface area contributed by atoms with Gasteiger partial charge in [-0.25, -0.2) is 0 Å². The Hall–Kier alpha value is -1.52. The highest BCUT2D eigenvalue weighted by Gasteiger charge is 2.15. The van der Waals surface area contributed by atoms with Gasteiger partial charge in [-0.05, 0) is 31.5 Å². The first-order chi connectivity index (χ1) is 8.27. The maximum Gasteiger partial charge on any atom is 0.128 e. The Morgan fingerprint density at radius 3 is 3.00 bits per heavy atom. The number of rotatable bonds is 5. The number of hydrogen-bond donors (Lipinski definition) is 3. The predicted octanol–water partition coefficient (Wildman–Crippen LogP) is 1.95. The van der Waals surface area contributed by atoms with Crippen LogP contribution in [0.2, 0.25) is 0 Å². The topological polar surface area (TPSA) is 71.3 Å². The number of nitrogens with two attached hydrogens (primary N) is 1. The number of benzene rings is 1. The number of aliphatic hydroxyl groups excluding tert-OH is 1. The molecule has 0 saturated heterocycles. The first-order valence-electron chi connectivity index (χ1n) is 5.80. The first-order valence-corrected chi connectivity index (χ1v) is 5.80. The van der Waals surface area contributed by atoms with Gasteiger partial charge in [0.25, 0.3) is 0 Å². The van der Waals surface area contributed by atoms with Crippen molar-refractivity contribution in [2.24, 2.45) is 5.73 Å². The molecule has 0 amide bonds. The highest BCUT2D eigenvalue weighted by Crippen LogP contribution is 2.33. The van der Waals surface area contributed by atoms with Crippen molar-refractivity contribution in [2.45, 2.75) is 18.9 Å². The van der Waals surface area contributed by atoms with Crippen LogP contribution in [-0.2, 0) is 0 Å². The molecule has 92 valence electrons. The summed E-state index contributed by atoms with van der Waals surface area (Å²) in [5, 5.41) is 11.1. The molecule has 1 atom stereocenters. The van der Waals surface area contributed by atoms with Gasteiger partial charge in [0.05, 0.1) is 13.2 Å². The average Bonchev–Trinajstić information content (AvgIpc) is 2.79. The SMILES string of the molecule is COc1cccc2[nH]cc(C(O)CCCN)c12. The van der Waals surface area contributed by atoms with Crippen molar-refractivity contribution in [3.63, 3.8) is 0 Å². The zero-order chi connectivity index (χ0) is 12.3. The van der Waals surface area contributed by atoms with Crippen LogP contribution in [0.15, 0.2) is 24.4 Å². The summed E-state index contributed by atoms with van der Waals surface area (Å²) in [6, 6.07) is 5.79. The zero-order valence-corrected chi connectivity index (χ0v) is 9.94. The lowest BCUT2D eigenvalue weighted by atomic mass is 10.0. The highest BCUT2D eigenvalue weighted by molar-refractivity contribution is 5.89. The Kier molecular flexibility index (Phi) is 3.66. The van der Waals surface area contributed by atoms with Crippen LogP contribution in [0.25, 0.3) is 10.9 Å². The second-order valence-corrected chi connectivity index (χ2v) is 4.07. The lowest BCUT2D eigenvalue weighted by Gasteiger charge is -2.10. The number of fused-ring (bicyclic) bond motifs is 1. The molecule has 0 bridgehead atoms. The zero-order valence-electron chi connectivity index (χ0n) is 9.94. The van der Waals surface area contributed by atoms with Gasteiger partial charge in [0.2, 0.25) is 0 Å². The molecule has 0 aliphatic rings. The fraction of sp³-hybridized carbons (Fsp3) is 0.385. The Labute approximate surface area is 100 Å². The average molecular weight is 234 g/mol. The molecule has 17 heavy (non-hydrogen) atoms. The van der Waals surface area contributed by atoms with E-state index in [4.69, 9.17) is 10.5 Å². The minimum absolute atomic E-state index is 0.497. The van der Waals surface area contributed by atoms with Crippen molar-refractivity contribution in [1.82, 2.24) is 4.98 Å². The van der Waals surface area contributed by atoms with Crippen molar-refractivity contribution in [1.29, 1.82) is 0 Å².